The van der Waals surface area contributed by atoms with E-state index in [0.717, 1.165) is 5.56 Å². The summed E-state index contributed by atoms with van der Waals surface area (Å²) in [5, 5.41) is 0.303. The van der Waals surface area contributed by atoms with Gasteiger partial charge in [0.15, 0.2) is 0 Å². The Kier molecular flexibility index (Phi) is 3.20. The predicted molar refractivity (Wildman–Crippen MR) is 53.9 cm³/mol. The monoisotopic (exact) mass is 200 g/mol. The van der Waals surface area contributed by atoms with Gasteiger partial charge in [0.2, 0.25) is 0 Å². The first-order valence-corrected chi connectivity index (χ1v) is 6.48. The Hall–Kier alpha value is -0.703. The molecule has 0 nitrogen and oxygen atoms in total. The summed E-state index contributed by atoms with van der Waals surface area (Å²) in [4.78, 5) is 0. The van der Waals surface area contributed by atoms with Crippen molar-refractivity contribution in [2.75, 3.05) is 0 Å². The molecule has 1 rings (SSSR count). The van der Waals surface area contributed by atoms with Gasteiger partial charge in [0.25, 0.3) is 0 Å². The number of aryl methyl sites for hydroxylation is 1. The summed E-state index contributed by atoms with van der Waals surface area (Å²) < 4.78 is 27.1. The van der Waals surface area contributed by atoms with Gasteiger partial charge in [-0.1, -0.05) is 37.6 Å². The fourth-order valence-electron chi connectivity index (χ4n) is 1.43. The molecule has 0 bridgehead atoms. The molecule has 0 N–H and O–H groups in total. The highest BCUT2D eigenvalue weighted by Gasteiger charge is 2.37. The Labute approximate surface area is 79.0 Å². The maximum absolute atomic E-state index is 13.6. The van der Waals surface area contributed by atoms with E-state index < -0.39 is 8.74 Å². The lowest BCUT2D eigenvalue weighted by atomic mass is 10.2. The van der Waals surface area contributed by atoms with E-state index in [-0.39, 0.29) is 6.04 Å². The van der Waals surface area contributed by atoms with Crippen LogP contribution in [0.2, 0.25) is 6.04 Å². The van der Waals surface area contributed by atoms with Gasteiger partial charge in [-0.15, -0.1) is 0 Å². The molecule has 13 heavy (non-hydrogen) atoms. The van der Waals surface area contributed by atoms with Crippen molar-refractivity contribution in [1.29, 1.82) is 0 Å². The topological polar surface area (TPSA) is 0 Å². The van der Waals surface area contributed by atoms with E-state index in [2.05, 4.69) is 0 Å². The van der Waals surface area contributed by atoms with Crippen molar-refractivity contribution in [3.63, 3.8) is 0 Å². The zero-order valence-corrected chi connectivity index (χ0v) is 8.98. The molecule has 0 heterocycles. The Balaban J connectivity index is 2.99. The van der Waals surface area contributed by atoms with Crippen LogP contribution in [-0.2, 0) is 0 Å². The summed E-state index contributed by atoms with van der Waals surface area (Å²) in [6.45, 7) is 3.56. The zero-order chi connectivity index (χ0) is 9.90. The number of hydrogen-bond donors (Lipinski definition) is 0. The van der Waals surface area contributed by atoms with Crippen molar-refractivity contribution >= 4 is 13.9 Å². The van der Waals surface area contributed by atoms with E-state index in [4.69, 9.17) is 0 Å². The van der Waals surface area contributed by atoms with Crippen molar-refractivity contribution in [3.05, 3.63) is 29.8 Å². The van der Waals surface area contributed by atoms with Crippen LogP contribution in [0.25, 0.3) is 0 Å². The van der Waals surface area contributed by atoms with Gasteiger partial charge in [0.05, 0.1) is 0 Å². The van der Waals surface area contributed by atoms with Crippen molar-refractivity contribution < 1.29 is 8.22 Å². The summed E-state index contributed by atoms with van der Waals surface area (Å²) in [6.07, 6.45) is 0.563. The van der Waals surface area contributed by atoms with Crippen molar-refractivity contribution in [2.24, 2.45) is 0 Å². The number of halogens is 2. The molecule has 72 valence electrons. The minimum atomic E-state index is -4.12. The van der Waals surface area contributed by atoms with Crippen molar-refractivity contribution in [2.45, 2.75) is 26.3 Å². The van der Waals surface area contributed by atoms with Gasteiger partial charge >= 0.3 is 8.74 Å². The zero-order valence-electron chi connectivity index (χ0n) is 7.98. The largest absolute Gasteiger partial charge is 0.455 e. The van der Waals surface area contributed by atoms with Gasteiger partial charge in [-0.25, -0.2) is 0 Å². The lowest BCUT2D eigenvalue weighted by molar-refractivity contribution is 0.615. The first kappa shape index (κ1) is 10.4. The van der Waals surface area contributed by atoms with Crippen LogP contribution in [0.5, 0.6) is 0 Å². The molecule has 0 fully saturated rings. The molecule has 0 aliphatic rings. The second kappa shape index (κ2) is 4.00. The van der Waals surface area contributed by atoms with E-state index >= 15 is 0 Å². The Morgan fingerprint density at radius 2 is 1.85 bits per heavy atom. The normalized spacial score (nSPS) is 11.7. The number of rotatable bonds is 3. The lowest BCUT2D eigenvalue weighted by Crippen LogP contribution is -2.40. The SMILES string of the molecule is CCC[Si](F)(F)c1ccccc1C. The summed E-state index contributed by atoms with van der Waals surface area (Å²) in [5.41, 5.74) is 0.729. The minimum absolute atomic E-state index is 0.0673. The van der Waals surface area contributed by atoms with E-state index in [1.807, 2.05) is 0 Å². The molecular weight excluding hydrogens is 186 g/mol. The van der Waals surface area contributed by atoms with Gasteiger partial charge in [-0.3, -0.25) is 8.22 Å². The molecule has 0 amide bonds. The van der Waals surface area contributed by atoms with Gasteiger partial charge in [0.1, 0.15) is 0 Å². The van der Waals surface area contributed by atoms with Gasteiger partial charge in [-0.2, -0.15) is 0 Å². The maximum Gasteiger partial charge on any atom is 0.455 e. The van der Waals surface area contributed by atoms with E-state index in [0.29, 0.717) is 11.6 Å². The molecule has 1 aromatic rings. The molecule has 0 aliphatic heterocycles. The van der Waals surface area contributed by atoms with Gasteiger partial charge in [0, 0.05) is 11.2 Å². The fraction of sp³-hybridized carbons (Fsp3) is 0.400. The molecule has 0 saturated heterocycles. The standard InChI is InChI=1S/C10H14F2Si/c1-3-8-13(11,12)10-7-5-4-6-9(10)2/h4-7H,3,8H2,1-2H3. The smallest absolute Gasteiger partial charge is 0.265 e. The third-order valence-electron chi connectivity index (χ3n) is 2.10. The van der Waals surface area contributed by atoms with Crippen LogP contribution in [0.15, 0.2) is 24.3 Å². The van der Waals surface area contributed by atoms with Crippen LogP contribution in [0.4, 0.5) is 8.22 Å². The van der Waals surface area contributed by atoms with Gasteiger partial charge < -0.3 is 0 Å². The minimum Gasteiger partial charge on any atom is -0.265 e. The molecule has 0 unspecified atom stereocenters. The van der Waals surface area contributed by atoms with Gasteiger partial charge in [-0.05, 0) is 12.5 Å². The first-order valence-electron chi connectivity index (χ1n) is 4.52. The van der Waals surface area contributed by atoms with E-state index in [1.165, 1.54) is 0 Å². The van der Waals surface area contributed by atoms with Crippen LogP contribution >= 0.6 is 0 Å². The van der Waals surface area contributed by atoms with E-state index in [1.54, 1.807) is 38.1 Å². The second-order valence-corrected chi connectivity index (χ2v) is 5.72. The third-order valence-corrected chi connectivity index (χ3v) is 4.58. The molecule has 1 aromatic carbocycles. The Bertz CT molecular complexity index is 284. The highest BCUT2D eigenvalue weighted by Crippen LogP contribution is 2.17. The van der Waals surface area contributed by atoms with Crippen LogP contribution in [0.1, 0.15) is 18.9 Å². The number of benzene rings is 1. The Morgan fingerprint density at radius 1 is 1.23 bits per heavy atom. The molecule has 0 spiro atoms. The molecule has 0 aromatic heterocycles. The van der Waals surface area contributed by atoms with Crippen LogP contribution < -0.4 is 5.19 Å². The third kappa shape index (κ3) is 2.37. The molecule has 3 heteroatoms. The lowest BCUT2D eigenvalue weighted by Gasteiger charge is -2.14. The quantitative estimate of drug-likeness (QED) is 0.520. The first-order chi connectivity index (χ1) is 6.08. The average Bonchev–Trinajstić information content (AvgIpc) is 2.04. The summed E-state index contributed by atoms with van der Waals surface area (Å²) in [5.74, 6) is 0. The maximum atomic E-state index is 13.6. The van der Waals surface area contributed by atoms with Crippen LogP contribution in [-0.4, -0.2) is 8.74 Å². The summed E-state index contributed by atoms with van der Waals surface area (Å²) in [7, 11) is -4.12. The highest BCUT2D eigenvalue weighted by molar-refractivity contribution is 6.80. The fourth-order valence-corrected chi connectivity index (χ4v) is 3.33. The summed E-state index contributed by atoms with van der Waals surface area (Å²) in [6, 6.07) is 6.88. The van der Waals surface area contributed by atoms with Crippen molar-refractivity contribution in [3.8, 4) is 0 Å². The molecule has 0 radical (unpaired) electrons. The Morgan fingerprint density at radius 3 is 2.38 bits per heavy atom. The molecule has 0 atom stereocenters. The van der Waals surface area contributed by atoms with Crippen molar-refractivity contribution in [1.82, 2.24) is 0 Å². The average molecular weight is 200 g/mol. The molecule has 0 saturated carbocycles. The molecule has 0 aliphatic carbocycles. The number of hydrogen-bond acceptors (Lipinski definition) is 0. The highest BCUT2D eigenvalue weighted by atomic mass is 28.4. The summed E-state index contributed by atoms with van der Waals surface area (Å²) >= 11 is 0. The molecular formula is C10H14F2Si. The second-order valence-electron chi connectivity index (χ2n) is 3.27. The van der Waals surface area contributed by atoms with E-state index in [9.17, 15) is 8.22 Å². The predicted octanol–water partition coefficient (Wildman–Crippen LogP) is 2.99. The van der Waals surface area contributed by atoms with Crippen LogP contribution in [0.3, 0.4) is 0 Å². The van der Waals surface area contributed by atoms with Crippen LogP contribution in [0, 0.1) is 6.92 Å².